The molecule has 0 saturated heterocycles. The predicted octanol–water partition coefficient (Wildman–Crippen LogP) is 4.68. The van der Waals surface area contributed by atoms with Gasteiger partial charge in [-0.2, -0.15) is 0 Å². The SMILES string of the molecule is C=C(C)C(=O)Oc1cc2oc(=O)ccc2cc1OCCCCc1ccccc1. The first kappa shape index (κ1) is 19.4. The summed E-state index contributed by atoms with van der Waals surface area (Å²) in [6.45, 7) is 5.63. The van der Waals surface area contributed by atoms with E-state index in [0.717, 1.165) is 19.3 Å². The van der Waals surface area contributed by atoms with E-state index in [1.165, 1.54) is 17.7 Å². The minimum atomic E-state index is -0.563. The maximum atomic E-state index is 11.9. The number of carbonyl (C=O) groups excluding carboxylic acids is 1. The van der Waals surface area contributed by atoms with Crippen molar-refractivity contribution in [1.29, 1.82) is 0 Å². The number of hydrogen-bond donors (Lipinski definition) is 0. The zero-order chi connectivity index (χ0) is 19.9. The number of ether oxygens (including phenoxy) is 2. The van der Waals surface area contributed by atoms with Gasteiger partial charge in [-0.3, -0.25) is 0 Å². The highest BCUT2D eigenvalue weighted by Crippen LogP contribution is 2.33. The number of hydrogen-bond acceptors (Lipinski definition) is 5. The van der Waals surface area contributed by atoms with Crippen molar-refractivity contribution in [3.63, 3.8) is 0 Å². The van der Waals surface area contributed by atoms with E-state index in [0.29, 0.717) is 23.3 Å². The molecule has 0 amide bonds. The van der Waals surface area contributed by atoms with Crippen LogP contribution >= 0.6 is 0 Å². The molecule has 0 atom stereocenters. The Labute approximate surface area is 163 Å². The van der Waals surface area contributed by atoms with Gasteiger partial charge in [-0.15, -0.1) is 0 Å². The van der Waals surface area contributed by atoms with E-state index < -0.39 is 11.6 Å². The van der Waals surface area contributed by atoms with Gasteiger partial charge in [-0.1, -0.05) is 36.9 Å². The molecule has 1 aromatic heterocycles. The number of esters is 1. The standard InChI is InChI=1S/C23H22O5/c1-16(2)23(25)28-21-15-19-18(11-12-22(24)27-19)14-20(21)26-13-7-6-10-17-8-4-3-5-9-17/h3-5,8-9,11-12,14-15H,1,6-7,10,13H2,2H3. The zero-order valence-electron chi connectivity index (χ0n) is 15.8. The van der Waals surface area contributed by atoms with Crippen LogP contribution in [0.1, 0.15) is 25.3 Å². The molecule has 0 unspecified atom stereocenters. The number of aryl methyl sites for hydroxylation is 1. The third-order valence-corrected chi connectivity index (χ3v) is 4.20. The van der Waals surface area contributed by atoms with Gasteiger partial charge in [0.2, 0.25) is 0 Å². The van der Waals surface area contributed by atoms with Crippen LogP contribution in [0.2, 0.25) is 0 Å². The molecule has 5 nitrogen and oxygen atoms in total. The fourth-order valence-electron chi connectivity index (χ4n) is 2.71. The van der Waals surface area contributed by atoms with E-state index in [1.54, 1.807) is 19.1 Å². The lowest BCUT2D eigenvalue weighted by molar-refractivity contribution is -0.130. The van der Waals surface area contributed by atoms with Crippen molar-refractivity contribution < 1.29 is 18.7 Å². The average Bonchev–Trinajstić information content (AvgIpc) is 2.68. The molecule has 0 spiro atoms. The first-order chi connectivity index (χ1) is 13.5. The summed E-state index contributed by atoms with van der Waals surface area (Å²) in [5.74, 6) is 0.0696. The third-order valence-electron chi connectivity index (χ3n) is 4.20. The summed E-state index contributed by atoms with van der Waals surface area (Å²) in [5.41, 5.74) is 1.41. The maximum absolute atomic E-state index is 11.9. The third kappa shape index (κ3) is 5.10. The van der Waals surface area contributed by atoms with Crippen molar-refractivity contribution in [2.24, 2.45) is 0 Å². The highest BCUT2D eigenvalue weighted by Gasteiger charge is 2.14. The van der Waals surface area contributed by atoms with E-state index in [-0.39, 0.29) is 11.3 Å². The van der Waals surface area contributed by atoms with E-state index in [2.05, 4.69) is 18.7 Å². The van der Waals surface area contributed by atoms with Gasteiger partial charge in [0.05, 0.1) is 6.61 Å². The summed E-state index contributed by atoms with van der Waals surface area (Å²) in [6.07, 6.45) is 2.81. The van der Waals surface area contributed by atoms with E-state index in [1.807, 2.05) is 18.2 Å². The molecule has 3 aromatic rings. The zero-order valence-corrected chi connectivity index (χ0v) is 15.8. The molecule has 0 bridgehead atoms. The fourth-order valence-corrected chi connectivity index (χ4v) is 2.71. The lowest BCUT2D eigenvalue weighted by Gasteiger charge is -2.13. The molecule has 0 aliphatic rings. The van der Waals surface area contributed by atoms with Gasteiger partial charge in [0, 0.05) is 23.1 Å². The average molecular weight is 378 g/mol. The molecule has 1 heterocycles. The molecule has 0 aliphatic carbocycles. The van der Waals surface area contributed by atoms with Gasteiger partial charge in [0.25, 0.3) is 0 Å². The minimum Gasteiger partial charge on any atom is -0.490 e. The maximum Gasteiger partial charge on any atom is 0.338 e. The van der Waals surface area contributed by atoms with Crippen molar-refractivity contribution in [1.82, 2.24) is 0 Å². The largest absolute Gasteiger partial charge is 0.490 e. The van der Waals surface area contributed by atoms with Gasteiger partial charge in [-0.25, -0.2) is 9.59 Å². The van der Waals surface area contributed by atoms with Crippen LogP contribution in [-0.4, -0.2) is 12.6 Å². The number of carbonyl (C=O) groups is 1. The predicted molar refractivity (Wildman–Crippen MR) is 108 cm³/mol. The Morgan fingerprint density at radius 3 is 2.57 bits per heavy atom. The van der Waals surface area contributed by atoms with E-state index >= 15 is 0 Å². The first-order valence-electron chi connectivity index (χ1n) is 9.15. The van der Waals surface area contributed by atoms with Crippen LogP contribution in [0.15, 0.2) is 76.0 Å². The van der Waals surface area contributed by atoms with Crippen LogP contribution in [0.3, 0.4) is 0 Å². The normalized spacial score (nSPS) is 10.6. The number of benzene rings is 2. The van der Waals surface area contributed by atoms with Crippen LogP contribution in [0.25, 0.3) is 11.0 Å². The van der Waals surface area contributed by atoms with Crippen molar-refractivity contribution in [3.05, 3.63) is 82.7 Å². The minimum absolute atomic E-state index is 0.206. The number of fused-ring (bicyclic) bond motifs is 1. The second kappa shape index (κ2) is 9.04. The second-order valence-corrected chi connectivity index (χ2v) is 6.55. The molecule has 0 aliphatic heterocycles. The topological polar surface area (TPSA) is 65.7 Å². The van der Waals surface area contributed by atoms with E-state index in [9.17, 15) is 9.59 Å². The molecule has 28 heavy (non-hydrogen) atoms. The van der Waals surface area contributed by atoms with Crippen molar-refractivity contribution >= 4 is 16.9 Å². The molecular weight excluding hydrogens is 356 g/mol. The van der Waals surface area contributed by atoms with Crippen molar-refractivity contribution in [2.45, 2.75) is 26.2 Å². The number of rotatable bonds is 8. The Balaban J connectivity index is 1.70. The Hall–Kier alpha value is -3.34. The van der Waals surface area contributed by atoms with Gasteiger partial charge in [0.15, 0.2) is 11.5 Å². The van der Waals surface area contributed by atoms with Crippen LogP contribution in [0, 0.1) is 0 Å². The molecule has 0 radical (unpaired) electrons. The second-order valence-electron chi connectivity index (χ2n) is 6.55. The molecule has 3 rings (SSSR count). The van der Waals surface area contributed by atoms with Crippen LogP contribution in [0.4, 0.5) is 0 Å². The molecule has 0 fully saturated rings. The van der Waals surface area contributed by atoms with Crippen molar-refractivity contribution in [2.75, 3.05) is 6.61 Å². The lowest BCUT2D eigenvalue weighted by Crippen LogP contribution is -2.10. The summed E-state index contributed by atoms with van der Waals surface area (Å²) in [6, 6.07) is 16.5. The molecule has 5 heteroatoms. The van der Waals surface area contributed by atoms with Crippen LogP contribution in [-0.2, 0) is 11.2 Å². The molecule has 0 saturated carbocycles. The molecule has 144 valence electrons. The van der Waals surface area contributed by atoms with Crippen LogP contribution in [0.5, 0.6) is 11.5 Å². The lowest BCUT2D eigenvalue weighted by atomic mass is 10.1. The fraction of sp³-hybridized carbons (Fsp3) is 0.217. The molecule has 2 aromatic carbocycles. The summed E-state index contributed by atoms with van der Waals surface area (Å²) in [4.78, 5) is 23.4. The first-order valence-corrected chi connectivity index (χ1v) is 9.15. The Kier molecular flexibility index (Phi) is 6.27. The summed E-state index contributed by atoms with van der Waals surface area (Å²) < 4.78 is 16.4. The Morgan fingerprint density at radius 2 is 1.82 bits per heavy atom. The summed E-state index contributed by atoms with van der Waals surface area (Å²) in [5, 5.41) is 0.689. The van der Waals surface area contributed by atoms with Gasteiger partial charge >= 0.3 is 11.6 Å². The highest BCUT2D eigenvalue weighted by atomic mass is 16.6. The Morgan fingerprint density at radius 1 is 1.04 bits per heavy atom. The molecular formula is C23H22O5. The monoisotopic (exact) mass is 378 g/mol. The van der Waals surface area contributed by atoms with Gasteiger partial charge in [-0.05, 0) is 43.9 Å². The Bertz CT molecular complexity index is 1030. The quantitative estimate of drug-likeness (QED) is 0.187. The summed E-state index contributed by atoms with van der Waals surface area (Å²) in [7, 11) is 0. The number of unbranched alkanes of at least 4 members (excludes halogenated alkanes) is 1. The smallest absolute Gasteiger partial charge is 0.338 e. The van der Waals surface area contributed by atoms with Crippen LogP contribution < -0.4 is 15.1 Å². The van der Waals surface area contributed by atoms with Crippen molar-refractivity contribution in [3.8, 4) is 11.5 Å². The van der Waals surface area contributed by atoms with Gasteiger partial charge < -0.3 is 13.9 Å². The highest BCUT2D eigenvalue weighted by molar-refractivity contribution is 5.90. The van der Waals surface area contributed by atoms with E-state index in [4.69, 9.17) is 13.9 Å². The molecule has 0 N–H and O–H groups in total. The van der Waals surface area contributed by atoms with Gasteiger partial charge in [0.1, 0.15) is 5.58 Å². The summed E-state index contributed by atoms with van der Waals surface area (Å²) >= 11 is 0.